The molecule has 0 heterocycles. The van der Waals surface area contributed by atoms with E-state index in [9.17, 15) is 9.18 Å². The lowest BCUT2D eigenvalue weighted by atomic mass is 10.1. The Morgan fingerprint density at radius 1 is 1.62 bits per heavy atom. The average molecular weight is 245 g/mol. The number of halogens is 2. The minimum absolute atomic E-state index is 0.0593. The van der Waals surface area contributed by atoms with Crippen molar-refractivity contribution in [1.82, 2.24) is 0 Å². The van der Waals surface area contributed by atoms with Crippen molar-refractivity contribution in [2.24, 2.45) is 5.73 Å². The number of carbonyl (C=O) groups is 1. The van der Waals surface area contributed by atoms with Gasteiger partial charge in [0, 0.05) is 5.02 Å². The zero-order chi connectivity index (χ0) is 12.1. The van der Waals surface area contributed by atoms with Crippen molar-refractivity contribution < 1.29 is 9.18 Å². The number of hydrogen-bond acceptors (Lipinski definition) is 2. The number of rotatable bonds is 4. The van der Waals surface area contributed by atoms with Crippen LogP contribution in [0.1, 0.15) is 19.8 Å². The van der Waals surface area contributed by atoms with E-state index in [2.05, 4.69) is 5.32 Å². The van der Waals surface area contributed by atoms with Crippen molar-refractivity contribution >= 4 is 23.2 Å². The summed E-state index contributed by atoms with van der Waals surface area (Å²) in [5.74, 6) is -0.926. The minimum atomic E-state index is -0.622. The van der Waals surface area contributed by atoms with Crippen molar-refractivity contribution in [3.63, 3.8) is 0 Å². The van der Waals surface area contributed by atoms with Gasteiger partial charge in [-0.05, 0) is 24.6 Å². The molecule has 88 valence electrons. The Morgan fingerprint density at radius 3 is 2.94 bits per heavy atom. The Labute approximate surface area is 98.8 Å². The first kappa shape index (κ1) is 12.9. The van der Waals surface area contributed by atoms with Gasteiger partial charge in [0.25, 0.3) is 0 Å². The van der Waals surface area contributed by atoms with Crippen molar-refractivity contribution in [2.45, 2.75) is 25.8 Å². The van der Waals surface area contributed by atoms with Gasteiger partial charge in [0.15, 0.2) is 0 Å². The smallest absolute Gasteiger partial charge is 0.241 e. The maximum Gasteiger partial charge on any atom is 0.241 e. The third-order valence-corrected chi connectivity index (χ3v) is 2.36. The zero-order valence-corrected chi connectivity index (χ0v) is 9.72. The molecule has 0 spiro atoms. The molecule has 1 atom stereocenters. The molecule has 1 unspecified atom stereocenters. The largest absolute Gasteiger partial charge is 0.322 e. The highest BCUT2D eigenvalue weighted by atomic mass is 35.5. The van der Waals surface area contributed by atoms with E-state index in [4.69, 9.17) is 17.3 Å². The molecule has 1 aromatic carbocycles. The summed E-state index contributed by atoms with van der Waals surface area (Å²) in [6.45, 7) is 1.92. The molecule has 0 aromatic heterocycles. The van der Waals surface area contributed by atoms with Crippen LogP contribution in [0.3, 0.4) is 0 Å². The molecule has 5 heteroatoms. The summed E-state index contributed by atoms with van der Waals surface area (Å²) in [5, 5.41) is 2.77. The first-order valence-corrected chi connectivity index (χ1v) is 5.44. The Hall–Kier alpha value is -1.13. The van der Waals surface area contributed by atoms with E-state index < -0.39 is 17.8 Å². The van der Waals surface area contributed by atoms with Gasteiger partial charge in [-0.15, -0.1) is 0 Å². The van der Waals surface area contributed by atoms with Gasteiger partial charge >= 0.3 is 0 Å². The molecule has 0 saturated heterocycles. The molecule has 0 aliphatic carbocycles. The van der Waals surface area contributed by atoms with Gasteiger partial charge in [0.1, 0.15) is 5.82 Å². The molecule has 0 fully saturated rings. The van der Waals surface area contributed by atoms with Gasteiger partial charge < -0.3 is 11.1 Å². The summed E-state index contributed by atoms with van der Waals surface area (Å²) in [4.78, 5) is 11.5. The van der Waals surface area contributed by atoms with Gasteiger partial charge in [0.2, 0.25) is 5.91 Å². The Kier molecular flexibility index (Phi) is 4.71. The molecule has 0 saturated carbocycles. The summed E-state index contributed by atoms with van der Waals surface area (Å²) in [7, 11) is 0. The summed E-state index contributed by atoms with van der Waals surface area (Å²) in [6, 6.07) is 3.35. The van der Waals surface area contributed by atoms with Crippen LogP contribution in [-0.4, -0.2) is 11.9 Å². The first-order chi connectivity index (χ1) is 7.54. The third-order valence-electron chi connectivity index (χ3n) is 2.12. The fourth-order valence-electron chi connectivity index (χ4n) is 1.26. The lowest BCUT2D eigenvalue weighted by Crippen LogP contribution is -2.35. The molecule has 0 bridgehead atoms. The van der Waals surface area contributed by atoms with Crippen LogP contribution in [0.2, 0.25) is 5.02 Å². The lowest BCUT2D eigenvalue weighted by molar-refractivity contribution is -0.117. The summed E-state index contributed by atoms with van der Waals surface area (Å²) >= 11 is 5.69. The Balaban J connectivity index is 2.72. The first-order valence-electron chi connectivity index (χ1n) is 5.06. The number of nitrogens with two attached hydrogens (primary N) is 1. The zero-order valence-electron chi connectivity index (χ0n) is 8.97. The molecule has 3 N–H and O–H groups in total. The molecule has 1 aromatic rings. The predicted molar refractivity (Wildman–Crippen MR) is 62.9 cm³/mol. The normalized spacial score (nSPS) is 12.2. The molecule has 0 radical (unpaired) electrons. The van der Waals surface area contributed by atoms with Gasteiger partial charge in [-0.3, -0.25) is 4.79 Å². The van der Waals surface area contributed by atoms with Crippen molar-refractivity contribution in [3.05, 3.63) is 29.0 Å². The fourth-order valence-corrected chi connectivity index (χ4v) is 1.43. The summed E-state index contributed by atoms with van der Waals surface area (Å²) in [5.41, 5.74) is 5.66. The predicted octanol–water partition coefficient (Wildman–Crippen LogP) is 2.55. The standard InChI is InChI=1S/C11H14ClFN2O/c1-2-3-9(14)11(16)15-10-6-7(12)4-5-8(10)13/h4-6,9H,2-3,14H2,1H3,(H,15,16). The number of benzene rings is 1. The van der Waals surface area contributed by atoms with E-state index in [0.29, 0.717) is 11.4 Å². The molecule has 3 nitrogen and oxygen atoms in total. The average Bonchev–Trinajstić information content (AvgIpc) is 2.23. The van der Waals surface area contributed by atoms with E-state index >= 15 is 0 Å². The molecule has 0 aliphatic heterocycles. The number of amides is 1. The third kappa shape index (κ3) is 3.47. The fraction of sp³-hybridized carbons (Fsp3) is 0.364. The highest BCUT2D eigenvalue weighted by molar-refractivity contribution is 6.30. The maximum atomic E-state index is 13.3. The van der Waals surface area contributed by atoms with Gasteiger partial charge in [-0.25, -0.2) is 4.39 Å². The van der Waals surface area contributed by atoms with Crippen molar-refractivity contribution in [1.29, 1.82) is 0 Å². The number of carbonyl (C=O) groups excluding carboxylic acids is 1. The van der Waals surface area contributed by atoms with Crippen LogP contribution < -0.4 is 11.1 Å². The van der Waals surface area contributed by atoms with Crippen LogP contribution in [0, 0.1) is 5.82 Å². The van der Waals surface area contributed by atoms with E-state index in [1.807, 2.05) is 6.92 Å². The summed E-state index contributed by atoms with van der Waals surface area (Å²) in [6.07, 6.45) is 1.36. The van der Waals surface area contributed by atoms with Crippen molar-refractivity contribution in [2.75, 3.05) is 5.32 Å². The van der Waals surface area contributed by atoms with E-state index in [1.165, 1.54) is 18.2 Å². The van der Waals surface area contributed by atoms with Crippen LogP contribution >= 0.6 is 11.6 Å². The second-order valence-corrected chi connectivity index (χ2v) is 3.95. The lowest BCUT2D eigenvalue weighted by Gasteiger charge is -2.11. The number of hydrogen-bond donors (Lipinski definition) is 2. The number of anilines is 1. The van der Waals surface area contributed by atoms with Crippen LogP contribution in [-0.2, 0) is 4.79 Å². The summed E-state index contributed by atoms with van der Waals surface area (Å²) < 4.78 is 13.3. The molecule has 1 rings (SSSR count). The second-order valence-electron chi connectivity index (χ2n) is 3.51. The molecule has 16 heavy (non-hydrogen) atoms. The molecular weight excluding hydrogens is 231 g/mol. The van der Waals surface area contributed by atoms with Crippen LogP contribution in [0.5, 0.6) is 0 Å². The molecule has 1 amide bonds. The van der Waals surface area contributed by atoms with Crippen LogP contribution in [0.4, 0.5) is 10.1 Å². The highest BCUT2D eigenvalue weighted by Gasteiger charge is 2.14. The van der Waals surface area contributed by atoms with E-state index in [0.717, 1.165) is 6.42 Å². The van der Waals surface area contributed by atoms with E-state index in [1.54, 1.807) is 0 Å². The van der Waals surface area contributed by atoms with Crippen LogP contribution in [0.25, 0.3) is 0 Å². The Bertz CT molecular complexity index is 384. The highest BCUT2D eigenvalue weighted by Crippen LogP contribution is 2.19. The minimum Gasteiger partial charge on any atom is -0.322 e. The van der Waals surface area contributed by atoms with Gasteiger partial charge in [-0.2, -0.15) is 0 Å². The molecular formula is C11H14ClFN2O. The van der Waals surface area contributed by atoms with Gasteiger partial charge in [-0.1, -0.05) is 24.9 Å². The quantitative estimate of drug-likeness (QED) is 0.855. The molecule has 0 aliphatic rings. The van der Waals surface area contributed by atoms with E-state index in [-0.39, 0.29) is 5.69 Å². The van der Waals surface area contributed by atoms with Crippen molar-refractivity contribution in [3.8, 4) is 0 Å². The number of nitrogens with one attached hydrogen (secondary N) is 1. The van der Waals surface area contributed by atoms with Crippen LogP contribution in [0.15, 0.2) is 18.2 Å². The maximum absolute atomic E-state index is 13.3. The van der Waals surface area contributed by atoms with Gasteiger partial charge in [0.05, 0.1) is 11.7 Å². The second kappa shape index (κ2) is 5.82. The Morgan fingerprint density at radius 2 is 2.31 bits per heavy atom. The monoisotopic (exact) mass is 244 g/mol. The SMILES string of the molecule is CCCC(N)C(=O)Nc1cc(Cl)ccc1F. The topological polar surface area (TPSA) is 55.1 Å².